The van der Waals surface area contributed by atoms with Crippen LogP contribution in [0.5, 0.6) is 5.75 Å². The summed E-state index contributed by atoms with van der Waals surface area (Å²) >= 11 is 0. The lowest BCUT2D eigenvalue weighted by Gasteiger charge is -2.32. The van der Waals surface area contributed by atoms with Crippen LogP contribution in [0.1, 0.15) is 51.8 Å². The Morgan fingerprint density at radius 2 is 1.66 bits per heavy atom. The number of nitrogens with one attached hydrogen (secondary N) is 2. The lowest BCUT2D eigenvalue weighted by atomic mass is 10.0. The van der Waals surface area contributed by atoms with Crippen LogP contribution in [-0.2, 0) is 14.3 Å². The summed E-state index contributed by atoms with van der Waals surface area (Å²) in [6.07, 6.45) is 4.75. The van der Waals surface area contributed by atoms with Gasteiger partial charge in [0.2, 0.25) is 5.91 Å². The van der Waals surface area contributed by atoms with E-state index in [0.29, 0.717) is 22.6 Å². The number of hydrogen-bond donors (Lipinski definition) is 2. The fourth-order valence-corrected chi connectivity index (χ4v) is 3.38. The first-order valence-electron chi connectivity index (χ1n) is 11.3. The third kappa shape index (κ3) is 7.78. The molecule has 2 unspecified atom stereocenters. The molecule has 35 heavy (non-hydrogen) atoms. The Bertz CT molecular complexity index is 1070. The summed E-state index contributed by atoms with van der Waals surface area (Å²) in [6, 6.07) is 11.8. The number of benzene rings is 2. The lowest BCUT2D eigenvalue weighted by molar-refractivity contribution is -0.140. The quantitative estimate of drug-likeness (QED) is 0.555. The van der Waals surface area contributed by atoms with Crippen molar-refractivity contribution in [2.24, 2.45) is 0 Å². The van der Waals surface area contributed by atoms with Crippen LogP contribution in [-0.4, -0.2) is 48.1 Å². The van der Waals surface area contributed by atoms with E-state index in [1.165, 1.54) is 4.90 Å². The number of terminal acetylenes is 1. The van der Waals surface area contributed by atoms with Crippen molar-refractivity contribution in [1.29, 1.82) is 0 Å². The van der Waals surface area contributed by atoms with Gasteiger partial charge < -0.3 is 25.0 Å². The normalized spacial score (nSPS) is 12.5. The van der Waals surface area contributed by atoms with Crippen LogP contribution in [0, 0.1) is 12.3 Å². The summed E-state index contributed by atoms with van der Waals surface area (Å²) in [5, 5.41) is 5.41. The Morgan fingerprint density at radius 1 is 1.06 bits per heavy atom. The molecule has 0 aliphatic heterocycles. The maximum Gasteiger partial charge on any atom is 0.408 e. The largest absolute Gasteiger partial charge is 0.497 e. The van der Waals surface area contributed by atoms with Gasteiger partial charge in [-0.2, -0.15) is 0 Å². The van der Waals surface area contributed by atoms with Crippen molar-refractivity contribution in [3.05, 3.63) is 59.7 Å². The van der Waals surface area contributed by atoms with Crippen molar-refractivity contribution in [2.75, 3.05) is 19.0 Å². The van der Waals surface area contributed by atoms with Crippen molar-refractivity contribution in [2.45, 2.75) is 52.3 Å². The number of carbonyl (C=O) groups is 3. The molecule has 186 valence electrons. The topological polar surface area (TPSA) is 97.0 Å². The number of hydrogen-bond acceptors (Lipinski definition) is 5. The van der Waals surface area contributed by atoms with Crippen molar-refractivity contribution >= 4 is 23.6 Å². The Labute approximate surface area is 207 Å². The molecule has 2 N–H and O–H groups in total. The van der Waals surface area contributed by atoms with Crippen LogP contribution in [0.15, 0.2) is 48.5 Å². The van der Waals surface area contributed by atoms with Crippen molar-refractivity contribution in [1.82, 2.24) is 10.2 Å². The first kappa shape index (κ1) is 27.3. The Morgan fingerprint density at radius 3 is 2.14 bits per heavy atom. The Balaban J connectivity index is 2.34. The molecule has 0 aromatic heterocycles. The molecule has 2 atom stereocenters. The molecule has 0 saturated carbocycles. The molecule has 0 heterocycles. The second-order valence-corrected chi connectivity index (χ2v) is 8.88. The van der Waals surface area contributed by atoms with E-state index in [1.807, 2.05) is 0 Å². The highest BCUT2D eigenvalue weighted by Crippen LogP contribution is 2.25. The fourth-order valence-electron chi connectivity index (χ4n) is 3.38. The maximum absolute atomic E-state index is 13.5. The molecule has 0 saturated heterocycles. The first-order valence-corrected chi connectivity index (χ1v) is 11.3. The number of likely N-dealkylation sites (N-methyl/N-ethyl adjacent to an activating group) is 1. The lowest BCUT2D eigenvalue weighted by Crippen LogP contribution is -2.51. The fraction of sp³-hybridized carbons (Fsp3) is 0.370. The van der Waals surface area contributed by atoms with Gasteiger partial charge in [-0.1, -0.05) is 18.1 Å². The minimum Gasteiger partial charge on any atom is -0.497 e. The van der Waals surface area contributed by atoms with Gasteiger partial charge in [0, 0.05) is 17.8 Å². The molecule has 0 aliphatic rings. The number of amides is 3. The predicted octanol–water partition coefficient (Wildman–Crippen LogP) is 4.12. The monoisotopic (exact) mass is 479 g/mol. The molecule has 8 heteroatoms. The highest BCUT2D eigenvalue weighted by atomic mass is 16.6. The second kappa shape index (κ2) is 11.9. The van der Waals surface area contributed by atoms with Crippen LogP contribution in [0.3, 0.4) is 0 Å². The predicted molar refractivity (Wildman–Crippen MR) is 135 cm³/mol. The van der Waals surface area contributed by atoms with E-state index < -0.39 is 35.6 Å². The minimum atomic E-state index is -0.968. The zero-order chi connectivity index (χ0) is 26.2. The van der Waals surface area contributed by atoms with Crippen LogP contribution < -0.4 is 15.4 Å². The van der Waals surface area contributed by atoms with Gasteiger partial charge in [0.15, 0.2) is 0 Å². The minimum absolute atomic E-state index is 0.219. The zero-order valence-electron chi connectivity index (χ0n) is 21.0. The number of methoxy groups -OCH3 is 1. The Hall–Kier alpha value is -3.99. The zero-order valence-corrected chi connectivity index (χ0v) is 21.0. The molecular formula is C27H33N3O5. The summed E-state index contributed by atoms with van der Waals surface area (Å²) in [5.41, 5.74) is 1.06. The molecule has 0 spiro atoms. The van der Waals surface area contributed by atoms with Gasteiger partial charge in [-0.05, 0) is 76.6 Å². The van der Waals surface area contributed by atoms with E-state index in [4.69, 9.17) is 15.9 Å². The average molecular weight is 480 g/mol. The number of carbonyl (C=O) groups excluding carboxylic acids is 3. The van der Waals surface area contributed by atoms with Gasteiger partial charge in [0.05, 0.1) is 7.11 Å². The molecule has 2 aromatic carbocycles. The number of alkyl carbamates (subject to hydrolysis) is 1. The number of nitrogens with zero attached hydrogens (tertiary/aromatic N) is 1. The SMILES string of the molecule is C#Cc1ccc(C(C(=O)Nc2ccc(OC)cc2)N(CC)C(=O)C(C)NC(=O)OC(C)(C)C)cc1. The molecule has 2 aromatic rings. The van der Waals surface area contributed by atoms with Gasteiger partial charge in [0.1, 0.15) is 23.4 Å². The van der Waals surface area contributed by atoms with E-state index in [0.717, 1.165) is 0 Å². The molecule has 0 fully saturated rings. The van der Waals surface area contributed by atoms with Crippen molar-refractivity contribution in [3.8, 4) is 18.1 Å². The number of ether oxygens (including phenoxy) is 2. The highest BCUT2D eigenvalue weighted by Gasteiger charge is 2.34. The van der Waals surface area contributed by atoms with Gasteiger partial charge in [-0.25, -0.2) is 4.79 Å². The van der Waals surface area contributed by atoms with E-state index in [9.17, 15) is 14.4 Å². The molecule has 0 aliphatic carbocycles. The van der Waals surface area contributed by atoms with Gasteiger partial charge in [-0.15, -0.1) is 6.42 Å². The van der Waals surface area contributed by atoms with E-state index >= 15 is 0 Å². The van der Waals surface area contributed by atoms with Gasteiger partial charge in [-0.3, -0.25) is 9.59 Å². The van der Waals surface area contributed by atoms with Crippen LogP contribution in [0.25, 0.3) is 0 Å². The van der Waals surface area contributed by atoms with Gasteiger partial charge in [0.25, 0.3) is 5.91 Å². The molecule has 3 amide bonds. The average Bonchev–Trinajstić information content (AvgIpc) is 2.81. The van der Waals surface area contributed by atoms with E-state index in [1.54, 1.807) is 90.3 Å². The first-order chi connectivity index (χ1) is 16.5. The molecule has 2 rings (SSSR count). The standard InChI is InChI=1S/C27H33N3O5/c1-8-19-10-12-20(13-11-19)23(24(31)29-21-14-16-22(34-7)17-15-21)30(9-2)25(32)18(3)28-26(33)35-27(4,5)6/h1,10-18,23H,9H2,2-7H3,(H,28,33)(H,29,31). The molecule has 0 bridgehead atoms. The second-order valence-electron chi connectivity index (χ2n) is 8.88. The van der Waals surface area contributed by atoms with E-state index in [-0.39, 0.29) is 6.54 Å². The maximum atomic E-state index is 13.5. The van der Waals surface area contributed by atoms with Crippen LogP contribution >= 0.6 is 0 Å². The smallest absolute Gasteiger partial charge is 0.408 e. The molecule has 0 radical (unpaired) electrons. The third-order valence-corrected chi connectivity index (χ3v) is 5.04. The summed E-state index contributed by atoms with van der Waals surface area (Å²) in [4.78, 5) is 40.5. The van der Waals surface area contributed by atoms with Crippen LogP contribution in [0.2, 0.25) is 0 Å². The number of anilines is 1. The third-order valence-electron chi connectivity index (χ3n) is 5.04. The highest BCUT2D eigenvalue weighted by molar-refractivity contribution is 5.99. The number of rotatable bonds is 8. The van der Waals surface area contributed by atoms with Crippen LogP contribution in [0.4, 0.5) is 10.5 Å². The molecule has 8 nitrogen and oxygen atoms in total. The van der Waals surface area contributed by atoms with Crippen molar-refractivity contribution in [3.63, 3.8) is 0 Å². The summed E-state index contributed by atoms with van der Waals surface area (Å²) < 4.78 is 10.4. The summed E-state index contributed by atoms with van der Waals surface area (Å²) in [6.45, 7) is 8.73. The van der Waals surface area contributed by atoms with E-state index in [2.05, 4.69) is 16.6 Å². The summed E-state index contributed by atoms with van der Waals surface area (Å²) in [5.74, 6) is 2.34. The Kier molecular flexibility index (Phi) is 9.29. The van der Waals surface area contributed by atoms with Crippen molar-refractivity contribution < 1.29 is 23.9 Å². The van der Waals surface area contributed by atoms with Gasteiger partial charge >= 0.3 is 6.09 Å². The summed E-state index contributed by atoms with van der Waals surface area (Å²) in [7, 11) is 1.56. The molecular weight excluding hydrogens is 446 g/mol.